The minimum atomic E-state index is -0.245. The van der Waals surface area contributed by atoms with Crippen molar-refractivity contribution in [2.75, 3.05) is 13.7 Å². The van der Waals surface area contributed by atoms with Crippen LogP contribution in [0, 0.1) is 5.82 Å². The van der Waals surface area contributed by atoms with Gasteiger partial charge in [0.05, 0.1) is 13.3 Å². The van der Waals surface area contributed by atoms with Gasteiger partial charge in [-0.2, -0.15) is 5.10 Å². The Hall–Kier alpha value is -1.88. The second-order valence-electron chi connectivity index (χ2n) is 4.80. The van der Waals surface area contributed by atoms with Gasteiger partial charge in [-0.05, 0) is 37.6 Å². The first-order chi connectivity index (χ1) is 9.61. The van der Waals surface area contributed by atoms with Crippen molar-refractivity contribution in [1.82, 2.24) is 15.1 Å². The molecule has 20 heavy (non-hydrogen) atoms. The van der Waals surface area contributed by atoms with Crippen molar-refractivity contribution < 1.29 is 9.13 Å². The molecule has 0 saturated carbocycles. The summed E-state index contributed by atoms with van der Waals surface area (Å²) in [4.78, 5) is 0. The molecule has 108 valence electrons. The van der Waals surface area contributed by atoms with Gasteiger partial charge in [0.1, 0.15) is 11.6 Å². The van der Waals surface area contributed by atoms with E-state index in [1.807, 2.05) is 26.4 Å². The minimum Gasteiger partial charge on any atom is -0.496 e. The molecule has 0 radical (unpaired) electrons. The molecule has 5 heteroatoms. The van der Waals surface area contributed by atoms with Gasteiger partial charge in [0.2, 0.25) is 0 Å². The van der Waals surface area contributed by atoms with E-state index in [0.717, 1.165) is 18.5 Å². The molecule has 0 fully saturated rings. The summed E-state index contributed by atoms with van der Waals surface area (Å²) >= 11 is 0. The van der Waals surface area contributed by atoms with Crippen LogP contribution in [0.3, 0.4) is 0 Å². The average Bonchev–Trinajstić information content (AvgIpc) is 2.83. The summed E-state index contributed by atoms with van der Waals surface area (Å²) in [7, 11) is 3.45. The van der Waals surface area contributed by atoms with Crippen molar-refractivity contribution >= 4 is 0 Å². The van der Waals surface area contributed by atoms with Gasteiger partial charge in [-0.25, -0.2) is 4.39 Å². The van der Waals surface area contributed by atoms with E-state index in [-0.39, 0.29) is 11.9 Å². The number of benzene rings is 1. The highest BCUT2D eigenvalue weighted by atomic mass is 19.1. The van der Waals surface area contributed by atoms with E-state index >= 15 is 0 Å². The maximum Gasteiger partial charge on any atom is 0.131 e. The van der Waals surface area contributed by atoms with Crippen molar-refractivity contribution in [3.63, 3.8) is 0 Å². The number of aryl methyl sites for hydroxylation is 1. The summed E-state index contributed by atoms with van der Waals surface area (Å²) in [6.45, 7) is 2.69. The number of hydrogen-bond donors (Lipinski definition) is 1. The minimum absolute atomic E-state index is 0.108. The first-order valence-corrected chi connectivity index (χ1v) is 6.65. The molecule has 1 aromatic heterocycles. The lowest BCUT2D eigenvalue weighted by atomic mass is 10.1. The van der Waals surface area contributed by atoms with Gasteiger partial charge in [0.25, 0.3) is 0 Å². The van der Waals surface area contributed by atoms with Gasteiger partial charge < -0.3 is 10.1 Å². The third-order valence-corrected chi connectivity index (χ3v) is 3.29. The predicted octanol–water partition coefficient (Wildman–Crippen LogP) is 2.46. The lowest BCUT2D eigenvalue weighted by Gasteiger charge is -2.17. The van der Waals surface area contributed by atoms with Crippen LogP contribution < -0.4 is 10.1 Å². The number of nitrogens with zero attached hydrogens (tertiary/aromatic N) is 2. The highest BCUT2D eigenvalue weighted by Gasteiger charge is 2.15. The highest BCUT2D eigenvalue weighted by Crippen LogP contribution is 2.27. The molecule has 1 N–H and O–H groups in total. The van der Waals surface area contributed by atoms with Gasteiger partial charge >= 0.3 is 0 Å². The number of halogens is 1. The van der Waals surface area contributed by atoms with Crippen molar-refractivity contribution in [1.29, 1.82) is 0 Å². The van der Waals surface area contributed by atoms with Crippen LogP contribution in [0.2, 0.25) is 0 Å². The van der Waals surface area contributed by atoms with Crippen LogP contribution in [0.4, 0.5) is 4.39 Å². The van der Waals surface area contributed by atoms with Crippen molar-refractivity contribution in [2.24, 2.45) is 7.05 Å². The Morgan fingerprint density at radius 2 is 2.25 bits per heavy atom. The summed E-state index contributed by atoms with van der Waals surface area (Å²) in [5.41, 5.74) is 1.73. The van der Waals surface area contributed by atoms with E-state index in [2.05, 4.69) is 10.4 Å². The van der Waals surface area contributed by atoms with E-state index in [9.17, 15) is 4.39 Å². The zero-order chi connectivity index (χ0) is 14.5. The molecule has 2 aromatic rings. The molecular formula is C15H20FN3O. The number of rotatable bonds is 6. The van der Waals surface area contributed by atoms with E-state index in [1.165, 1.54) is 6.07 Å². The van der Waals surface area contributed by atoms with Crippen LogP contribution in [-0.2, 0) is 13.5 Å². The summed E-state index contributed by atoms with van der Waals surface area (Å²) in [5.74, 6) is 0.331. The van der Waals surface area contributed by atoms with Gasteiger partial charge in [-0.3, -0.25) is 4.68 Å². The Kier molecular flexibility index (Phi) is 4.74. The quantitative estimate of drug-likeness (QED) is 0.881. The van der Waals surface area contributed by atoms with E-state index in [0.29, 0.717) is 11.3 Å². The summed E-state index contributed by atoms with van der Waals surface area (Å²) in [6, 6.07) is 4.78. The molecule has 1 unspecified atom stereocenters. The summed E-state index contributed by atoms with van der Waals surface area (Å²) in [5, 5.41) is 7.44. The first-order valence-electron chi connectivity index (χ1n) is 6.65. The predicted molar refractivity (Wildman–Crippen MR) is 76.3 cm³/mol. The Morgan fingerprint density at radius 1 is 1.45 bits per heavy atom. The number of methoxy groups -OCH3 is 1. The maximum absolute atomic E-state index is 13.9. The lowest BCUT2D eigenvalue weighted by molar-refractivity contribution is 0.394. The van der Waals surface area contributed by atoms with Gasteiger partial charge in [-0.1, -0.05) is 6.07 Å². The molecule has 0 aliphatic rings. The molecule has 0 amide bonds. The van der Waals surface area contributed by atoms with Crippen LogP contribution in [0.25, 0.3) is 0 Å². The molecule has 0 aliphatic heterocycles. The van der Waals surface area contributed by atoms with Gasteiger partial charge in [0.15, 0.2) is 0 Å². The monoisotopic (exact) mass is 277 g/mol. The largest absolute Gasteiger partial charge is 0.496 e. The molecule has 1 aromatic carbocycles. The zero-order valence-corrected chi connectivity index (χ0v) is 12.1. The van der Waals surface area contributed by atoms with Gasteiger partial charge in [-0.15, -0.1) is 0 Å². The summed E-state index contributed by atoms with van der Waals surface area (Å²) in [6.07, 6.45) is 4.68. The first kappa shape index (κ1) is 14.5. The SMILES string of the molecule is COc1cccc(F)c1C(C)NCCc1cnn(C)c1. The van der Waals surface area contributed by atoms with E-state index < -0.39 is 0 Å². The molecule has 0 aliphatic carbocycles. The molecule has 1 atom stereocenters. The average molecular weight is 277 g/mol. The molecule has 0 saturated heterocycles. The fourth-order valence-electron chi connectivity index (χ4n) is 2.25. The number of ether oxygens (including phenoxy) is 1. The Morgan fingerprint density at radius 3 is 2.90 bits per heavy atom. The van der Waals surface area contributed by atoms with Crippen LogP contribution >= 0.6 is 0 Å². The maximum atomic E-state index is 13.9. The van der Waals surface area contributed by atoms with Gasteiger partial charge in [0, 0.05) is 24.8 Å². The van der Waals surface area contributed by atoms with Crippen molar-refractivity contribution in [3.05, 3.63) is 47.5 Å². The van der Waals surface area contributed by atoms with E-state index in [4.69, 9.17) is 4.74 Å². The van der Waals surface area contributed by atoms with Crippen molar-refractivity contribution in [2.45, 2.75) is 19.4 Å². The Bertz CT molecular complexity index is 568. The fourth-order valence-corrected chi connectivity index (χ4v) is 2.25. The second kappa shape index (κ2) is 6.52. The molecule has 4 nitrogen and oxygen atoms in total. The molecular weight excluding hydrogens is 257 g/mol. The third kappa shape index (κ3) is 3.36. The Balaban J connectivity index is 1.96. The van der Waals surface area contributed by atoms with E-state index in [1.54, 1.807) is 23.9 Å². The van der Waals surface area contributed by atoms with Crippen LogP contribution in [0.15, 0.2) is 30.6 Å². The smallest absolute Gasteiger partial charge is 0.131 e. The third-order valence-electron chi connectivity index (χ3n) is 3.29. The highest BCUT2D eigenvalue weighted by molar-refractivity contribution is 5.36. The standard InChI is InChI=1S/C15H20FN3O/c1-11(15-13(16)5-4-6-14(15)20-3)17-8-7-12-9-18-19(2)10-12/h4-6,9-11,17H,7-8H2,1-3H3. The second-order valence-corrected chi connectivity index (χ2v) is 4.80. The molecule has 0 bridgehead atoms. The topological polar surface area (TPSA) is 39.1 Å². The number of hydrogen-bond acceptors (Lipinski definition) is 3. The fraction of sp³-hybridized carbons (Fsp3) is 0.400. The van der Waals surface area contributed by atoms with Crippen LogP contribution in [-0.4, -0.2) is 23.4 Å². The zero-order valence-electron chi connectivity index (χ0n) is 12.1. The molecule has 2 rings (SSSR count). The van der Waals surface area contributed by atoms with Crippen LogP contribution in [0.1, 0.15) is 24.1 Å². The van der Waals surface area contributed by atoms with Crippen LogP contribution in [0.5, 0.6) is 5.75 Å². The summed E-state index contributed by atoms with van der Waals surface area (Å²) < 4.78 is 20.9. The van der Waals surface area contributed by atoms with Crippen molar-refractivity contribution in [3.8, 4) is 5.75 Å². The lowest BCUT2D eigenvalue weighted by Crippen LogP contribution is -2.22. The number of nitrogens with one attached hydrogen (secondary N) is 1. The normalized spacial score (nSPS) is 12.4. The Labute approximate surface area is 118 Å². The molecule has 1 heterocycles. The molecule has 0 spiro atoms. The number of aromatic nitrogens is 2.